The van der Waals surface area contributed by atoms with E-state index in [-0.39, 0.29) is 17.3 Å². The first-order valence-electron chi connectivity index (χ1n) is 10.8. The van der Waals surface area contributed by atoms with Gasteiger partial charge in [-0.3, -0.25) is 4.79 Å². The maximum Gasteiger partial charge on any atom is 0.243 e. The van der Waals surface area contributed by atoms with Gasteiger partial charge < -0.3 is 15.4 Å². The zero-order valence-electron chi connectivity index (χ0n) is 18.5. The number of carbonyl (C=O) groups excluding carboxylic acids is 1. The van der Waals surface area contributed by atoms with E-state index in [2.05, 4.69) is 10.6 Å². The number of rotatable bonds is 7. The van der Waals surface area contributed by atoms with E-state index in [0.29, 0.717) is 32.0 Å². The SMILES string of the molecule is Cc1ccc(S(=O)(=O)N2CCOCC2)cc1NC(=O)CNc1ccccc1-c1ccccc1. The Bertz CT molecular complexity index is 1220. The zero-order chi connectivity index (χ0) is 23.3. The van der Waals surface area contributed by atoms with Crippen LogP contribution in [0.2, 0.25) is 0 Å². The smallest absolute Gasteiger partial charge is 0.243 e. The number of sulfonamides is 1. The van der Waals surface area contributed by atoms with Crippen LogP contribution >= 0.6 is 0 Å². The predicted molar refractivity (Wildman–Crippen MR) is 130 cm³/mol. The van der Waals surface area contributed by atoms with E-state index < -0.39 is 10.0 Å². The Kier molecular flexibility index (Phi) is 7.08. The molecule has 0 radical (unpaired) electrons. The molecule has 0 aliphatic carbocycles. The van der Waals surface area contributed by atoms with Crippen molar-refractivity contribution in [2.45, 2.75) is 11.8 Å². The minimum Gasteiger partial charge on any atom is -0.379 e. The van der Waals surface area contributed by atoms with Crippen LogP contribution in [-0.4, -0.2) is 51.5 Å². The molecular formula is C25H27N3O4S. The molecule has 33 heavy (non-hydrogen) atoms. The maximum absolute atomic E-state index is 13.0. The maximum atomic E-state index is 13.0. The number of anilines is 2. The monoisotopic (exact) mass is 465 g/mol. The van der Waals surface area contributed by atoms with Crippen molar-refractivity contribution in [1.82, 2.24) is 4.31 Å². The standard InChI is InChI=1S/C25H27N3O4S/c1-19-11-12-21(33(30,31)28-13-15-32-16-14-28)17-24(19)27-25(29)18-26-23-10-6-5-9-22(23)20-7-3-2-4-8-20/h2-12,17,26H,13-16,18H2,1H3,(H,27,29). The van der Waals surface area contributed by atoms with E-state index in [1.807, 2.05) is 61.5 Å². The molecule has 0 unspecified atom stereocenters. The second-order valence-corrected chi connectivity index (χ2v) is 9.74. The molecule has 1 amide bonds. The fourth-order valence-electron chi connectivity index (χ4n) is 3.71. The van der Waals surface area contributed by atoms with Gasteiger partial charge in [-0.1, -0.05) is 54.6 Å². The van der Waals surface area contributed by atoms with E-state index in [1.54, 1.807) is 12.1 Å². The third-order valence-electron chi connectivity index (χ3n) is 5.54. The first-order valence-corrected chi connectivity index (χ1v) is 12.3. The summed E-state index contributed by atoms with van der Waals surface area (Å²) < 4.78 is 32.6. The van der Waals surface area contributed by atoms with Gasteiger partial charge in [0.05, 0.1) is 24.7 Å². The lowest BCUT2D eigenvalue weighted by atomic mass is 10.0. The van der Waals surface area contributed by atoms with Gasteiger partial charge in [0.15, 0.2) is 0 Å². The molecule has 2 N–H and O–H groups in total. The quantitative estimate of drug-likeness (QED) is 0.555. The summed E-state index contributed by atoms with van der Waals surface area (Å²) in [6.07, 6.45) is 0. The highest BCUT2D eigenvalue weighted by Crippen LogP contribution is 2.28. The van der Waals surface area contributed by atoms with E-state index in [4.69, 9.17) is 4.74 Å². The summed E-state index contributed by atoms with van der Waals surface area (Å²) >= 11 is 0. The number of para-hydroxylation sites is 1. The van der Waals surface area contributed by atoms with E-state index in [1.165, 1.54) is 10.4 Å². The van der Waals surface area contributed by atoms with Crippen LogP contribution in [0, 0.1) is 6.92 Å². The fraction of sp³-hybridized carbons (Fsp3) is 0.240. The van der Waals surface area contributed by atoms with E-state index >= 15 is 0 Å². The minimum atomic E-state index is -3.64. The van der Waals surface area contributed by atoms with Crippen molar-refractivity contribution >= 4 is 27.3 Å². The summed E-state index contributed by atoms with van der Waals surface area (Å²) in [6, 6.07) is 22.5. The molecule has 3 aromatic carbocycles. The summed E-state index contributed by atoms with van der Waals surface area (Å²) in [4.78, 5) is 12.9. The Labute approximate surface area is 194 Å². The third kappa shape index (κ3) is 5.42. The van der Waals surface area contributed by atoms with Gasteiger partial charge in [-0.05, 0) is 36.2 Å². The first kappa shape index (κ1) is 23.0. The number of benzene rings is 3. The molecule has 0 atom stereocenters. The summed E-state index contributed by atoms with van der Waals surface area (Å²) in [5, 5.41) is 6.04. The summed E-state index contributed by atoms with van der Waals surface area (Å²) in [5.74, 6) is -0.262. The van der Waals surface area contributed by atoms with Crippen LogP contribution in [0.15, 0.2) is 77.7 Å². The van der Waals surface area contributed by atoms with Gasteiger partial charge in [0.1, 0.15) is 0 Å². The number of nitrogens with one attached hydrogen (secondary N) is 2. The van der Waals surface area contributed by atoms with E-state index in [9.17, 15) is 13.2 Å². The average Bonchev–Trinajstić information content (AvgIpc) is 2.85. The second-order valence-electron chi connectivity index (χ2n) is 7.81. The summed E-state index contributed by atoms with van der Waals surface area (Å²) in [7, 11) is -3.64. The van der Waals surface area contributed by atoms with Crippen molar-refractivity contribution in [3.8, 4) is 11.1 Å². The molecule has 1 aliphatic heterocycles. The second kappa shape index (κ2) is 10.2. The molecule has 8 heteroatoms. The van der Waals surface area contributed by atoms with Crippen LogP contribution in [-0.2, 0) is 19.6 Å². The minimum absolute atomic E-state index is 0.0454. The number of morpholine rings is 1. The van der Waals surface area contributed by atoms with Crippen LogP contribution in [0.4, 0.5) is 11.4 Å². The largest absolute Gasteiger partial charge is 0.379 e. The van der Waals surface area contributed by atoms with Gasteiger partial charge in [-0.25, -0.2) is 8.42 Å². The van der Waals surface area contributed by atoms with Crippen molar-refractivity contribution in [2.75, 3.05) is 43.5 Å². The highest BCUT2D eigenvalue weighted by molar-refractivity contribution is 7.89. The first-order chi connectivity index (χ1) is 15.9. The molecule has 1 heterocycles. The Morgan fingerprint density at radius 1 is 0.939 bits per heavy atom. The van der Waals surface area contributed by atoms with Crippen LogP contribution in [0.25, 0.3) is 11.1 Å². The Morgan fingerprint density at radius 3 is 2.39 bits per heavy atom. The highest BCUT2D eigenvalue weighted by Gasteiger charge is 2.26. The molecule has 7 nitrogen and oxygen atoms in total. The molecule has 0 saturated carbocycles. The lowest BCUT2D eigenvalue weighted by Crippen LogP contribution is -2.40. The molecule has 4 rings (SSSR count). The molecule has 1 aliphatic rings. The third-order valence-corrected chi connectivity index (χ3v) is 7.44. The van der Waals surface area contributed by atoms with Gasteiger partial charge in [-0.2, -0.15) is 4.31 Å². The molecular weight excluding hydrogens is 438 g/mol. The highest BCUT2D eigenvalue weighted by atomic mass is 32.2. The van der Waals surface area contributed by atoms with Gasteiger partial charge in [0.2, 0.25) is 15.9 Å². The van der Waals surface area contributed by atoms with Crippen molar-refractivity contribution in [2.24, 2.45) is 0 Å². The Hall–Kier alpha value is -3.20. The molecule has 0 spiro atoms. The van der Waals surface area contributed by atoms with Gasteiger partial charge in [0.25, 0.3) is 0 Å². The number of hydrogen-bond acceptors (Lipinski definition) is 5. The van der Waals surface area contributed by atoms with Crippen molar-refractivity contribution in [3.05, 3.63) is 78.4 Å². The molecule has 1 saturated heterocycles. The molecule has 172 valence electrons. The zero-order valence-corrected chi connectivity index (χ0v) is 19.3. The van der Waals surface area contributed by atoms with Crippen LogP contribution in [0.1, 0.15) is 5.56 Å². The average molecular weight is 466 g/mol. The topological polar surface area (TPSA) is 87.7 Å². The fourth-order valence-corrected chi connectivity index (χ4v) is 5.14. The van der Waals surface area contributed by atoms with Gasteiger partial charge in [-0.15, -0.1) is 0 Å². The molecule has 3 aromatic rings. The van der Waals surface area contributed by atoms with Crippen LogP contribution < -0.4 is 10.6 Å². The number of amides is 1. The molecule has 1 fully saturated rings. The number of nitrogens with zero attached hydrogens (tertiary/aromatic N) is 1. The van der Waals surface area contributed by atoms with Gasteiger partial charge in [0, 0.05) is 30.0 Å². The lowest BCUT2D eigenvalue weighted by Gasteiger charge is -2.26. The van der Waals surface area contributed by atoms with Gasteiger partial charge >= 0.3 is 0 Å². The predicted octanol–water partition coefficient (Wildman–Crippen LogP) is 3.73. The number of aryl methyl sites for hydroxylation is 1. The van der Waals surface area contributed by atoms with E-state index in [0.717, 1.165) is 22.4 Å². The van der Waals surface area contributed by atoms with Crippen molar-refractivity contribution < 1.29 is 17.9 Å². The Morgan fingerprint density at radius 2 is 1.64 bits per heavy atom. The van der Waals surface area contributed by atoms with Crippen LogP contribution in [0.3, 0.4) is 0 Å². The summed E-state index contributed by atoms with van der Waals surface area (Å²) in [5.41, 5.74) is 4.17. The van der Waals surface area contributed by atoms with Crippen molar-refractivity contribution in [1.29, 1.82) is 0 Å². The van der Waals surface area contributed by atoms with Crippen LogP contribution in [0.5, 0.6) is 0 Å². The molecule has 0 bridgehead atoms. The number of ether oxygens (including phenoxy) is 1. The molecule has 0 aromatic heterocycles. The summed E-state index contributed by atoms with van der Waals surface area (Å²) in [6.45, 7) is 3.28. The number of hydrogen-bond donors (Lipinski definition) is 2. The number of carbonyl (C=O) groups is 1. The normalized spacial score (nSPS) is 14.6. The lowest BCUT2D eigenvalue weighted by molar-refractivity contribution is -0.114. The van der Waals surface area contributed by atoms with Crippen molar-refractivity contribution in [3.63, 3.8) is 0 Å². The Balaban J connectivity index is 1.46.